The fourth-order valence-corrected chi connectivity index (χ4v) is 5.89. The Balaban J connectivity index is 1.55. The lowest BCUT2D eigenvalue weighted by Crippen LogP contribution is -2.47. The minimum atomic E-state index is -4.42. The number of likely N-dealkylation sites (tertiary alicyclic amines) is 1. The number of hydrogen-bond donors (Lipinski definition) is 2. The fraction of sp³-hybridized carbons (Fsp3) is 0.462. The first-order chi connectivity index (χ1) is 17.4. The molecule has 1 amide bonds. The summed E-state index contributed by atoms with van der Waals surface area (Å²) in [6, 6.07) is 5.91. The van der Waals surface area contributed by atoms with Crippen LogP contribution in [0.5, 0.6) is 0 Å². The van der Waals surface area contributed by atoms with Crippen LogP contribution >= 0.6 is 11.3 Å². The number of likely N-dealkylation sites (N-methyl/N-ethyl adjacent to an activating group) is 1. The highest BCUT2D eigenvalue weighted by Gasteiger charge is 2.39. The summed E-state index contributed by atoms with van der Waals surface area (Å²) in [4.78, 5) is 28.2. The molecule has 1 aromatic carbocycles. The van der Waals surface area contributed by atoms with E-state index in [9.17, 15) is 22.8 Å². The third-order valence-electron chi connectivity index (χ3n) is 7.13. The lowest BCUT2D eigenvalue weighted by molar-refractivity contribution is -0.138. The molecule has 0 radical (unpaired) electrons. The molecule has 0 spiro atoms. The molecule has 2 N–H and O–H groups in total. The number of ketones is 1. The molecule has 2 aromatic heterocycles. The van der Waals surface area contributed by atoms with Gasteiger partial charge in [0.2, 0.25) is 5.91 Å². The van der Waals surface area contributed by atoms with E-state index in [0.29, 0.717) is 47.9 Å². The van der Waals surface area contributed by atoms with Crippen LogP contribution in [0.2, 0.25) is 0 Å². The molecular weight excluding hydrogens is 503 g/mol. The van der Waals surface area contributed by atoms with Crippen LogP contribution in [0.4, 0.5) is 19.0 Å². The summed E-state index contributed by atoms with van der Waals surface area (Å²) in [7, 11) is 1.73. The van der Waals surface area contributed by atoms with Crippen molar-refractivity contribution in [1.82, 2.24) is 20.4 Å². The Labute approximate surface area is 217 Å². The van der Waals surface area contributed by atoms with Crippen LogP contribution in [-0.2, 0) is 17.5 Å². The van der Waals surface area contributed by atoms with Gasteiger partial charge in [-0.05, 0) is 57.0 Å². The zero-order valence-corrected chi connectivity index (χ0v) is 22.1. The summed E-state index contributed by atoms with van der Waals surface area (Å²) >= 11 is 1.35. The van der Waals surface area contributed by atoms with E-state index in [1.54, 1.807) is 24.1 Å². The number of alkyl halides is 3. The van der Waals surface area contributed by atoms with Crippen molar-refractivity contribution in [2.75, 3.05) is 32.0 Å². The molecule has 1 aliphatic heterocycles. The zero-order valence-electron chi connectivity index (χ0n) is 21.3. The Kier molecular flexibility index (Phi) is 7.57. The minimum absolute atomic E-state index is 0.0217. The van der Waals surface area contributed by atoms with Crippen LogP contribution in [0, 0.1) is 19.3 Å². The predicted molar refractivity (Wildman–Crippen MR) is 138 cm³/mol. The summed E-state index contributed by atoms with van der Waals surface area (Å²) in [6.07, 6.45) is -3.28. The zero-order chi connectivity index (χ0) is 27.0. The van der Waals surface area contributed by atoms with Gasteiger partial charge in [-0.15, -0.1) is 16.4 Å². The smallest absolute Gasteiger partial charge is 0.364 e. The Morgan fingerprint density at radius 2 is 1.86 bits per heavy atom. The number of nitrogens with zero attached hydrogens (tertiary/aromatic N) is 3. The second-order valence-electron chi connectivity index (χ2n) is 9.73. The molecule has 7 nitrogen and oxygen atoms in total. The van der Waals surface area contributed by atoms with E-state index in [2.05, 4.69) is 20.8 Å². The molecule has 1 fully saturated rings. The number of carbonyl (C=O) groups excluding carboxylic acids is 2. The third kappa shape index (κ3) is 5.47. The van der Waals surface area contributed by atoms with Gasteiger partial charge in [0.05, 0.1) is 27.4 Å². The number of aromatic nitrogens is 2. The maximum atomic E-state index is 13.6. The Bertz CT molecular complexity index is 1330. The lowest BCUT2D eigenvalue weighted by Gasteiger charge is -2.38. The minimum Gasteiger partial charge on any atom is -0.364 e. The number of anilines is 1. The number of aryl methyl sites for hydroxylation is 1. The first-order valence-electron chi connectivity index (χ1n) is 12.1. The van der Waals surface area contributed by atoms with Crippen molar-refractivity contribution in [3.63, 3.8) is 0 Å². The van der Waals surface area contributed by atoms with Crippen LogP contribution in [0.15, 0.2) is 24.3 Å². The molecule has 0 unspecified atom stereocenters. The van der Waals surface area contributed by atoms with Crippen molar-refractivity contribution in [2.45, 2.75) is 46.3 Å². The monoisotopic (exact) mass is 533 g/mol. The van der Waals surface area contributed by atoms with E-state index in [0.717, 1.165) is 16.2 Å². The van der Waals surface area contributed by atoms with E-state index in [1.807, 2.05) is 13.8 Å². The standard InChI is InChI=1S/C26H30F3N5O2S/c1-15-17(6-5-7-19(15)26(27,28)29)13-31-24-18-12-20(37-22(18)16(2)32-33-24)23(36)25(3)8-10-34(11-9-25)21(35)14-30-4/h5-7,12,30H,8-11,13-14H2,1-4H3,(H,31,33). The van der Waals surface area contributed by atoms with Gasteiger partial charge in [0.25, 0.3) is 0 Å². The molecule has 4 rings (SSSR count). The van der Waals surface area contributed by atoms with Gasteiger partial charge >= 0.3 is 6.18 Å². The molecule has 1 aliphatic rings. The van der Waals surface area contributed by atoms with Crippen LogP contribution in [0.3, 0.4) is 0 Å². The van der Waals surface area contributed by atoms with Crippen molar-refractivity contribution in [1.29, 1.82) is 0 Å². The number of nitrogens with one attached hydrogen (secondary N) is 2. The van der Waals surface area contributed by atoms with Crippen LogP contribution in [0.1, 0.15) is 51.8 Å². The number of amides is 1. The topological polar surface area (TPSA) is 87.2 Å². The average Bonchev–Trinajstić information content (AvgIpc) is 3.30. The van der Waals surface area contributed by atoms with Gasteiger partial charge in [-0.3, -0.25) is 9.59 Å². The number of thiophene rings is 1. The second kappa shape index (κ2) is 10.4. The first-order valence-corrected chi connectivity index (χ1v) is 12.9. The maximum absolute atomic E-state index is 13.6. The molecule has 0 atom stereocenters. The highest BCUT2D eigenvalue weighted by molar-refractivity contribution is 7.21. The van der Waals surface area contributed by atoms with Crippen LogP contribution < -0.4 is 10.6 Å². The molecule has 1 saturated heterocycles. The van der Waals surface area contributed by atoms with E-state index >= 15 is 0 Å². The van der Waals surface area contributed by atoms with Crippen molar-refractivity contribution in [3.05, 3.63) is 51.5 Å². The van der Waals surface area contributed by atoms with Gasteiger partial charge in [0.15, 0.2) is 11.6 Å². The van der Waals surface area contributed by atoms with Gasteiger partial charge < -0.3 is 15.5 Å². The van der Waals surface area contributed by atoms with Gasteiger partial charge in [0, 0.05) is 30.4 Å². The van der Waals surface area contributed by atoms with Crippen molar-refractivity contribution in [3.8, 4) is 0 Å². The Morgan fingerprint density at radius 3 is 2.51 bits per heavy atom. The number of fused-ring (bicyclic) bond motifs is 1. The number of carbonyl (C=O) groups is 2. The third-order valence-corrected chi connectivity index (χ3v) is 8.38. The molecule has 37 heavy (non-hydrogen) atoms. The Hall–Kier alpha value is -3.05. The maximum Gasteiger partial charge on any atom is 0.416 e. The van der Waals surface area contributed by atoms with Gasteiger partial charge in [-0.1, -0.05) is 19.1 Å². The quantitative estimate of drug-likeness (QED) is 0.417. The number of rotatable bonds is 7. The van der Waals surface area contributed by atoms with Crippen molar-refractivity contribution < 1.29 is 22.8 Å². The first kappa shape index (κ1) is 27.0. The van der Waals surface area contributed by atoms with E-state index in [-0.39, 0.29) is 30.3 Å². The van der Waals surface area contributed by atoms with Crippen molar-refractivity contribution >= 4 is 38.9 Å². The molecule has 0 bridgehead atoms. The molecule has 3 aromatic rings. The Morgan fingerprint density at radius 1 is 1.16 bits per heavy atom. The molecule has 198 valence electrons. The molecular formula is C26H30F3N5O2S. The summed E-state index contributed by atoms with van der Waals surface area (Å²) in [5.41, 5.74) is 0.0886. The number of benzene rings is 1. The normalized spacial score (nSPS) is 15.7. The van der Waals surface area contributed by atoms with E-state index in [4.69, 9.17) is 0 Å². The SMILES string of the molecule is CNCC(=O)N1CCC(C)(C(=O)c2cc3c(NCc4cccc(C(F)(F)F)c4C)nnc(C)c3s2)CC1. The van der Waals surface area contributed by atoms with E-state index in [1.165, 1.54) is 24.3 Å². The van der Waals surface area contributed by atoms with Crippen LogP contribution in [-0.4, -0.2) is 53.5 Å². The largest absolute Gasteiger partial charge is 0.416 e. The number of piperidine rings is 1. The number of hydrogen-bond acceptors (Lipinski definition) is 7. The number of Topliss-reactive ketones (excluding diaryl/α,β-unsaturated/α-hetero) is 1. The molecule has 11 heteroatoms. The molecule has 3 heterocycles. The molecule has 0 aliphatic carbocycles. The summed E-state index contributed by atoms with van der Waals surface area (Å²) < 4.78 is 40.7. The molecule has 0 saturated carbocycles. The summed E-state index contributed by atoms with van der Waals surface area (Å²) in [6.45, 7) is 6.67. The summed E-state index contributed by atoms with van der Waals surface area (Å²) in [5.74, 6) is 0.470. The lowest BCUT2D eigenvalue weighted by atomic mass is 9.76. The van der Waals surface area contributed by atoms with Crippen molar-refractivity contribution in [2.24, 2.45) is 5.41 Å². The average molecular weight is 534 g/mol. The van der Waals surface area contributed by atoms with Gasteiger partial charge in [0.1, 0.15) is 0 Å². The summed E-state index contributed by atoms with van der Waals surface area (Å²) in [5, 5.41) is 15.2. The number of halogens is 3. The van der Waals surface area contributed by atoms with Gasteiger partial charge in [-0.2, -0.15) is 18.3 Å². The highest BCUT2D eigenvalue weighted by atomic mass is 32.1. The fourth-order valence-electron chi connectivity index (χ4n) is 4.70. The highest BCUT2D eigenvalue weighted by Crippen LogP contribution is 2.40. The second-order valence-corrected chi connectivity index (χ2v) is 10.8. The predicted octanol–water partition coefficient (Wildman–Crippen LogP) is 4.97. The van der Waals surface area contributed by atoms with Gasteiger partial charge in [-0.25, -0.2) is 0 Å². The van der Waals surface area contributed by atoms with E-state index < -0.39 is 17.2 Å². The van der Waals surface area contributed by atoms with Crippen LogP contribution in [0.25, 0.3) is 10.1 Å².